The van der Waals surface area contributed by atoms with Gasteiger partial charge in [0.2, 0.25) is 0 Å². The van der Waals surface area contributed by atoms with E-state index in [4.69, 9.17) is 9.72 Å². The Morgan fingerprint density at radius 2 is 1.95 bits per heavy atom. The van der Waals surface area contributed by atoms with Gasteiger partial charge >= 0.3 is 12.1 Å². The largest absolute Gasteiger partial charge is 0.466 e. The van der Waals surface area contributed by atoms with E-state index in [0.717, 1.165) is 28.9 Å². The van der Waals surface area contributed by atoms with Crippen LogP contribution in [0.2, 0.25) is 0 Å². The number of pyridine rings is 2. The highest BCUT2D eigenvalue weighted by molar-refractivity contribution is 5.89. The van der Waals surface area contributed by atoms with Gasteiger partial charge in [-0.15, -0.1) is 0 Å². The van der Waals surface area contributed by atoms with Gasteiger partial charge in [-0.25, -0.2) is 19.1 Å². The average Bonchev–Trinajstić information content (AvgIpc) is 3.29. The van der Waals surface area contributed by atoms with Gasteiger partial charge in [-0.3, -0.25) is 4.90 Å². The Morgan fingerprint density at radius 1 is 1.19 bits per heavy atom. The van der Waals surface area contributed by atoms with Crippen LogP contribution in [0.25, 0.3) is 22.7 Å². The number of amides is 1. The monoisotopic (exact) mass is 500 g/mol. The Bertz CT molecular complexity index is 1420. The number of nitriles is 1. The van der Waals surface area contributed by atoms with Crippen LogP contribution in [0.3, 0.4) is 0 Å². The summed E-state index contributed by atoms with van der Waals surface area (Å²) in [6.45, 7) is 7.02. The zero-order chi connectivity index (χ0) is 26.3. The van der Waals surface area contributed by atoms with Crippen molar-refractivity contribution < 1.29 is 19.1 Å². The van der Waals surface area contributed by atoms with Crippen LogP contribution in [0.1, 0.15) is 38.3 Å². The fourth-order valence-electron chi connectivity index (χ4n) is 4.91. The predicted octanol–water partition coefficient (Wildman–Crippen LogP) is 3.65. The Hall–Kier alpha value is -4.39. The first-order valence-electron chi connectivity index (χ1n) is 12.1. The van der Waals surface area contributed by atoms with Gasteiger partial charge in [-0.2, -0.15) is 10.4 Å². The number of rotatable bonds is 4. The topological polar surface area (TPSA) is 113 Å². The summed E-state index contributed by atoms with van der Waals surface area (Å²) in [5.41, 5.74) is 2.91. The molecule has 0 N–H and O–H groups in total. The fourth-order valence-corrected chi connectivity index (χ4v) is 4.91. The van der Waals surface area contributed by atoms with Crippen molar-refractivity contribution in [1.82, 2.24) is 19.5 Å². The fraction of sp³-hybridized carbons (Fsp3) is 0.370. The maximum Gasteiger partial charge on any atom is 0.410 e. The van der Waals surface area contributed by atoms with Gasteiger partial charge < -0.3 is 14.4 Å². The van der Waals surface area contributed by atoms with E-state index >= 15 is 0 Å². The van der Waals surface area contributed by atoms with E-state index in [1.807, 2.05) is 43.9 Å². The number of hydrogen-bond donors (Lipinski definition) is 0. The van der Waals surface area contributed by atoms with Crippen molar-refractivity contribution in [3.05, 3.63) is 54.0 Å². The zero-order valence-corrected chi connectivity index (χ0v) is 21.2. The number of carbonyl (C=O) groups excluding carboxylic acids is 2. The second kappa shape index (κ2) is 9.24. The van der Waals surface area contributed by atoms with Crippen molar-refractivity contribution in [1.29, 1.82) is 5.26 Å². The summed E-state index contributed by atoms with van der Waals surface area (Å²) in [5, 5.41) is 13.9. The summed E-state index contributed by atoms with van der Waals surface area (Å²) in [6.07, 6.45) is 8.73. The van der Waals surface area contributed by atoms with Crippen LogP contribution >= 0.6 is 0 Å². The number of piperazine rings is 1. The van der Waals surface area contributed by atoms with Gasteiger partial charge in [0.05, 0.1) is 36.5 Å². The lowest BCUT2D eigenvalue weighted by Gasteiger charge is -2.56. The summed E-state index contributed by atoms with van der Waals surface area (Å²) in [5.74, 6) is 0.365. The number of ether oxygens (including phenoxy) is 2. The minimum atomic E-state index is -0.517. The second-order valence-corrected chi connectivity index (χ2v) is 10.2. The molecule has 190 valence electrons. The first-order chi connectivity index (χ1) is 17.7. The van der Waals surface area contributed by atoms with E-state index in [9.17, 15) is 14.9 Å². The molecule has 3 aliphatic rings. The molecular weight excluding hydrogens is 472 g/mol. The third kappa shape index (κ3) is 4.72. The zero-order valence-electron chi connectivity index (χ0n) is 21.2. The van der Waals surface area contributed by atoms with Gasteiger partial charge in [0, 0.05) is 42.7 Å². The van der Waals surface area contributed by atoms with Crippen LogP contribution in [0.4, 0.5) is 10.6 Å². The Morgan fingerprint density at radius 3 is 2.57 bits per heavy atom. The molecule has 2 unspecified atom stereocenters. The van der Waals surface area contributed by atoms with Crippen molar-refractivity contribution >= 4 is 29.5 Å². The van der Waals surface area contributed by atoms with Crippen LogP contribution < -0.4 is 4.90 Å². The molecule has 3 saturated heterocycles. The van der Waals surface area contributed by atoms with Gasteiger partial charge in [0.15, 0.2) is 0 Å². The Labute approximate surface area is 214 Å². The molecule has 3 aliphatic heterocycles. The van der Waals surface area contributed by atoms with E-state index in [2.05, 4.69) is 20.8 Å². The Kier molecular flexibility index (Phi) is 6.07. The molecule has 0 aromatic carbocycles. The van der Waals surface area contributed by atoms with Crippen molar-refractivity contribution in [2.24, 2.45) is 0 Å². The van der Waals surface area contributed by atoms with Crippen LogP contribution in [-0.2, 0) is 14.3 Å². The molecule has 0 aliphatic carbocycles. The molecule has 6 rings (SSSR count). The number of carbonyl (C=O) groups is 2. The second-order valence-electron chi connectivity index (χ2n) is 10.2. The van der Waals surface area contributed by atoms with Crippen molar-refractivity contribution in [3.8, 4) is 17.2 Å². The molecule has 3 aromatic rings. The third-order valence-corrected chi connectivity index (χ3v) is 6.55. The minimum absolute atomic E-state index is 0.109. The number of esters is 1. The highest BCUT2D eigenvalue weighted by Gasteiger charge is 2.49. The summed E-state index contributed by atoms with van der Waals surface area (Å²) in [4.78, 5) is 32.9. The van der Waals surface area contributed by atoms with Crippen molar-refractivity contribution in [2.75, 3.05) is 25.1 Å². The molecule has 2 atom stereocenters. The molecule has 37 heavy (non-hydrogen) atoms. The van der Waals surface area contributed by atoms with Gasteiger partial charge in [0.1, 0.15) is 17.5 Å². The molecular formula is C27H28N6O4. The van der Waals surface area contributed by atoms with Crippen molar-refractivity contribution in [2.45, 2.75) is 44.9 Å². The van der Waals surface area contributed by atoms with Crippen molar-refractivity contribution in [3.63, 3.8) is 0 Å². The lowest BCUT2D eigenvalue weighted by molar-refractivity contribution is -0.134. The highest BCUT2D eigenvalue weighted by Crippen LogP contribution is 2.36. The maximum atomic E-state index is 12.6. The lowest BCUT2D eigenvalue weighted by atomic mass is 9.88. The number of aromatic nitrogens is 3. The van der Waals surface area contributed by atoms with Crippen LogP contribution in [0.15, 0.2) is 42.9 Å². The maximum absolute atomic E-state index is 12.6. The van der Waals surface area contributed by atoms with Crippen LogP contribution in [0, 0.1) is 11.3 Å². The molecule has 3 fully saturated rings. The number of piperidine rings is 1. The first kappa shape index (κ1) is 24.3. The van der Waals surface area contributed by atoms with E-state index < -0.39 is 11.6 Å². The van der Waals surface area contributed by atoms with Gasteiger partial charge in [-0.1, -0.05) is 0 Å². The first-order valence-corrected chi connectivity index (χ1v) is 12.1. The predicted molar refractivity (Wildman–Crippen MR) is 137 cm³/mol. The Balaban J connectivity index is 1.38. The quantitative estimate of drug-likeness (QED) is 0.394. The summed E-state index contributed by atoms with van der Waals surface area (Å²) in [7, 11) is 1.32. The summed E-state index contributed by atoms with van der Waals surface area (Å²) >= 11 is 0. The van der Waals surface area contributed by atoms with Gasteiger partial charge in [0.25, 0.3) is 0 Å². The molecule has 0 saturated carbocycles. The molecule has 2 bridgehead atoms. The minimum Gasteiger partial charge on any atom is -0.466 e. The number of methoxy groups -OCH3 is 1. The number of hydrogen-bond acceptors (Lipinski definition) is 8. The molecule has 10 nitrogen and oxygen atoms in total. The molecule has 3 aromatic heterocycles. The van der Waals surface area contributed by atoms with Gasteiger partial charge in [-0.05, 0) is 57.0 Å². The van der Waals surface area contributed by atoms with Crippen LogP contribution in [0.5, 0.6) is 0 Å². The lowest BCUT2D eigenvalue weighted by Crippen LogP contribution is -2.70. The molecule has 6 heterocycles. The summed E-state index contributed by atoms with van der Waals surface area (Å²) in [6, 6.07) is 8.22. The highest BCUT2D eigenvalue weighted by atomic mass is 16.6. The number of anilines is 1. The smallest absolute Gasteiger partial charge is 0.410 e. The molecule has 1 amide bonds. The van der Waals surface area contributed by atoms with E-state index in [-0.39, 0.29) is 18.2 Å². The van der Waals surface area contributed by atoms with E-state index in [0.29, 0.717) is 24.2 Å². The molecule has 0 spiro atoms. The van der Waals surface area contributed by atoms with E-state index in [1.54, 1.807) is 23.0 Å². The summed E-state index contributed by atoms with van der Waals surface area (Å²) < 4.78 is 11.9. The SMILES string of the molecule is COC(=O)/C=C/c1cc(-c2ccc(N3CC4CC(C3)N4C(=O)OC(C)(C)C)nc2)c2c(C#N)cnn2c1. The molecule has 0 radical (unpaired) electrons. The molecule has 10 heteroatoms. The average molecular weight is 501 g/mol. The van der Waals surface area contributed by atoms with Crippen LogP contribution in [-0.4, -0.2) is 69.4 Å². The third-order valence-electron chi connectivity index (χ3n) is 6.55. The number of nitrogens with zero attached hydrogens (tertiary/aromatic N) is 6. The number of fused-ring (bicyclic) bond motifs is 3. The normalized spacial score (nSPS) is 19.0. The standard InChI is InChI=1S/C27H28N6O4/c1-27(2,3)37-26(35)33-20-10-21(33)16-31(15-20)23-7-6-18(12-29-23)22-9-17(5-8-24(34)36-4)14-32-25(22)19(11-28)13-30-32/h5-9,12-14,20-21H,10,15-16H2,1-4H3/b8-5+. The van der Waals surface area contributed by atoms with E-state index in [1.165, 1.54) is 19.4 Å².